The molecule has 68 heavy (non-hydrogen) atoms. The van der Waals surface area contributed by atoms with Crippen LogP contribution in [-0.4, -0.2) is 76.8 Å². The van der Waals surface area contributed by atoms with Gasteiger partial charge in [0.1, 0.15) is 18.0 Å². The predicted molar refractivity (Wildman–Crippen MR) is 272 cm³/mol. The number of benzene rings is 1. The van der Waals surface area contributed by atoms with Gasteiger partial charge in [0.05, 0.1) is 23.0 Å². The average Bonchev–Trinajstić information content (AvgIpc) is 3.55. The molecule has 4 saturated carbocycles. The Kier molecular flexibility index (Phi) is 17.9. The maximum Gasteiger partial charge on any atom is 0.309 e. The molecule has 1 aromatic carbocycles. The number of ketones is 1. The third-order valence-electron chi connectivity index (χ3n) is 18.1. The lowest BCUT2D eigenvalue weighted by Crippen LogP contribution is -2.65. The molecule has 5 aliphatic carbocycles. The van der Waals surface area contributed by atoms with Crippen molar-refractivity contribution in [3.8, 4) is 5.75 Å². The van der Waals surface area contributed by atoms with Crippen molar-refractivity contribution in [2.75, 3.05) is 20.6 Å². The molecular formula is C58H93NO9. The van der Waals surface area contributed by atoms with Crippen LogP contribution in [-0.2, 0) is 35.1 Å². The van der Waals surface area contributed by atoms with Crippen LogP contribution in [0.15, 0.2) is 47.7 Å². The smallest absolute Gasteiger partial charge is 0.309 e. The van der Waals surface area contributed by atoms with Crippen LogP contribution in [0.25, 0.3) is 0 Å². The maximum atomic E-state index is 14.2. The van der Waals surface area contributed by atoms with Crippen molar-refractivity contribution in [1.29, 1.82) is 0 Å². The average molecular weight is 948 g/mol. The Hall–Kier alpha value is -3.66. The Morgan fingerprint density at radius 1 is 0.794 bits per heavy atom. The van der Waals surface area contributed by atoms with Crippen molar-refractivity contribution in [1.82, 2.24) is 4.90 Å². The van der Waals surface area contributed by atoms with Gasteiger partial charge in [-0.3, -0.25) is 19.2 Å². The molecule has 5 aliphatic rings. The zero-order chi connectivity index (χ0) is 51.6. The van der Waals surface area contributed by atoms with Crippen LogP contribution in [0.4, 0.5) is 0 Å². The second kappa shape index (κ2) is 21.4. The summed E-state index contributed by atoms with van der Waals surface area (Å²) >= 11 is 0. The lowest BCUT2D eigenvalue weighted by Gasteiger charge is -2.71. The molecule has 1 aromatic rings. The lowest BCUT2D eigenvalue weighted by molar-refractivity contribution is -0.220. The summed E-state index contributed by atoms with van der Waals surface area (Å²) in [6.07, 6.45) is 10.7. The van der Waals surface area contributed by atoms with E-state index in [9.17, 15) is 29.4 Å². The number of allylic oxidation sites excluding steroid dienone is 2. The molecule has 384 valence electrons. The SMILES string of the molecule is C=C(CC(C)(C)C(=O)O)OC1CCC2(C)C(CCC3(C)C4CCC5([C@@H](CC)OC(=O)CC(C)(C)C(=O)O)CC(=O)C(C(C)C)=C5C4(C)CCC32)C1(C)C.CCCN(C)C.CCc1ccc(O)cc1. The van der Waals surface area contributed by atoms with Gasteiger partial charge in [-0.15, -0.1) is 0 Å². The Morgan fingerprint density at radius 2 is 1.32 bits per heavy atom. The van der Waals surface area contributed by atoms with Gasteiger partial charge >= 0.3 is 17.9 Å². The number of carbonyl (C=O) groups excluding carboxylic acids is 2. The van der Waals surface area contributed by atoms with E-state index in [0.29, 0.717) is 42.1 Å². The Labute approximate surface area is 411 Å². The molecule has 10 nitrogen and oxygen atoms in total. The second-order valence-electron chi connectivity index (χ2n) is 24.8. The van der Waals surface area contributed by atoms with E-state index in [1.807, 2.05) is 19.1 Å². The van der Waals surface area contributed by atoms with E-state index < -0.39 is 40.3 Å². The number of fused-ring (bicyclic) bond motifs is 7. The fourth-order valence-corrected chi connectivity index (χ4v) is 14.8. The van der Waals surface area contributed by atoms with E-state index in [4.69, 9.17) is 14.6 Å². The van der Waals surface area contributed by atoms with Crippen LogP contribution < -0.4 is 0 Å². The van der Waals surface area contributed by atoms with Crippen molar-refractivity contribution in [3.63, 3.8) is 0 Å². The Bertz CT molecular complexity index is 2010. The van der Waals surface area contributed by atoms with Gasteiger partial charge in [0.2, 0.25) is 0 Å². The summed E-state index contributed by atoms with van der Waals surface area (Å²) < 4.78 is 12.9. The van der Waals surface area contributed by atoms with Crippen LogP contribution in [0.2, 0.25) is 0 Å². The molecule has 0 spiro atoms. The van der Waals surface area contributed by atoms with Gasteiger partial charge in [0.25, 0.3) is 0 Å². The molecule has 3 N–H and O–H groups in total. The standard InChI is InChI=1S/C45H70O8.C8H10O.C5H13N/c1-14-32(53-34(47)25-40(7,8)38(50)51)45-22-17-31-43(12)19-15-29-41(9,10)33(52-27(4)23-39(5,6)37(48)49)18-21-42(29,11)30(43)16-20-44(31,13)36(45)35(26(2)3)28(46)24-45;1-2-7-3-5-8(9)6-4-7;1-4-5-6(2)3/h26,29-33H,4,14-25H2,1-3,5-13H3,(H,48,49)(H,50,51);3-6,9H,2H2,1H3;4-5H2,1-3H3/t29?,30?,31?,32-,33?,42?,43?,44?,45?;;/m1../s1. The van der Waals surface area contributed by atoms with E-state index in [2.05, 4.69) is 87.9 Å². The molecule has 4 fully saturated rings. The Morgan fingerprint density at radius 3 is 1.82 bits per heavy atom. The van der Waals surface area contributed by atoms with Gasteiger partial charge in [-0.2, -0.15) is 0 Å². The summed E-state index contributed by atoms with van der Waals surface area (Å²) in [4.78, 5) is 53.5. The van der Waals surface area contributed by atoms with Gasteiger partial charge in [-0.05, 0) is 188 Å². The number of carboxylic acids is 2. The van der Waals surface area contributed by atoms with E-state index in [0.717, 1.165) is 63.4 Å². The van der Waals surface area contributed by atoms with Crippen LogP contribution in [0, 0.1) is 61.6 Å². The second-order valence-corrected chi connectivity index (χ2v) is 24.8. The summed E-state index contributed by atoms with van der Waals surface area (Å²) in [6, 6.07) is 7.27. The molecule has 0 heterocycles. The fraction of sp³-hybridized carbons (Fsp3) is 0.759. The number of hydrogen-bond acceptors (Lipinski definition) is 8. The number of rotatable bonds is 15. The largest absolute Gasteiger partial charge is 0.508 e. The molecule has 0 saturated heterocycles. The first kappa shape index (κ1) is 56.9. The van der Waals surface area contributed by atoms with Crippen molar-refractivity contribution in [3.05, 3.63) is 53.3 Å². The van der Waals surface area contributed by atoms with Gasteiger partial charge in [0, 0.05) is 23.7 Å². The van der Waals surface area contributed by atoms with Crippen molar-refractivity contribution in [2.45, 2.75) is 199 Å². The van der Waals surface area contributed by atoms with Crippen LogP contribution in [0.1, 0.15) is 186 Å². The summed E-state index contributed by atoms with van der Waals surface area (Å²) in [7, 11) is 4.17. The molecule has 0 bridgehead atoms. The van der Waals surface area contributed by atoms with Crippen LogP contribution in [0.3, 0.4) is 0 Å². The minimum absolute atomic E-state index is 0.0239. The number of aliphatic carboxylic acids is 2. The highest BCUT2D eigenvalue weighted by Gasteiger charge is 2.70. The first-order valence-electron chi connectivity index (χ1n) is 26.1. The summed E-state index contributed by atoms with van der Waals surface area (Å²) in [5.41, 5.74) is 0.545. The topological polar surface area (TPSA) is 151 Å². The molecule has 0 aromatic heterocycles. The molecular weight excluding hydrogens is 855 g/mol. The van der Waals surface area contributed by atoms with Gasteiger partial charge in [-0.25, -0.2) is 0 Å². The summed E-state index contributed by atoms with van der Waals surface area (Å²) in [5, 5.41) is 28.3. The van der Waals surface area contributed by atoms with E-state index >= 15 is 0 Å². The molecule has 8 unspecified atom stereocenters. The number of phenols is 1. The number of ether oxygens (including phenoxy) is 2. The predicted octanol–water partition coefficient (Wildman–Crippen LogP) is 13.1. The zero-order valence-electron chi connectivity index (χ0n) is 45.3. The first-order valence-corrected chi connectivity index (χ1v) is 26.1. The van der Waals surface area contributed by atoms with Crippen LogP contribution in [0.5, 0.6) is 5.75 Å². The summed E-state index contributed by atoms with van der Waals surface area (Å²) in [5.74, 6) is 0.0794. The van der Waals surface area contributed by atoms with E-state index in [1.165, 1.54) is 24.1 Å². The van der Waals surface area contributed by atoms with Crippen molar-refractivity contribution in [2.24, 2.45) is 61.6 Å². The highest BCUT2D eigenvalue weighted by molar-refractivity contribution is 6.01. The molecule has 0 amide bonds. The first-order chi connectivity index (χ1) is 31.3. The molecule has 0 radical (unpaired) electrons. The quantitative estimate of drug-likeness (QED) is 0.114. The van der Waals surface area contributed by atoms with Crippen LogP contribution >= 0.6 is 0 Å². The monoisotopic (exact) mass is 948 g/mol. The maximum absolute atomic E-state index is 14.2. The number of hydrogen-bond donors (Lipinski definition) is 3. The zero-order valence-corrected chi connectivity index (χ0v) is 45.3. The normalized spacial score (nSPS) is 31.1. The van der Waals surface area contributed by atoms with Gasteiger partial charge in [0.15, 0.2) is 5.78 Å². The molecule has 0 aliphatic heterocycles. The minimum Gasteiger partial charge on any atom is -0.508 e. The van der Waals surface area contributed by atoms with E-state index in [1.54, 1.807) is 39.8 Å². The number of phenolic OH excluding ortho intramolecular Hbond substituents is 1. The highest BCUT2D eigenvalue weighted by Crippen LogP contribution is 2.76. The Balaban J connectivity index is 0.000000573. The lowest BCUT2D eigenvalue weighted by atomic mass is 9.34. The van der Waals surface area contributed by atoms with Crippen molar-refractivity contribution < 1.29 is 44.0 Å². The minimum atomic E-state index is -1.24. The summed E-state index contributed by atoms with van der Waals surface area (Å²) in [6.45, 7) is 34.7. The number of aromatic hydroxyl groups is 1. The fourth-order valence-electron chi connectivity index (χ4n) is 14.8. The van der Waals surface area contributed by atoms with Gasteiger partial charge in [-0.1, -0.05) is 87.9 Å². The van der Waals surface area contributed by atoms with E-state index in [-0.39, 0.29) is 52.3 Å². The molecule has 6 rings (SSSR count). The number of aryl methyl sites for hydroxylation is 1. The number of Topliss-reactive ketones (excluding diaryl/α,β-unsaturated/α-hetero) is 1. The third kappa shape index (κ3) is 11.3. The number of carbonyl (C=O) groups is 4. The number of nitrogens with zero attached hydrogens (tertiary/aromatic N) is 1. The number of carboxylic acid groups (broad SMARTS) is 2. The molecule has 9 atom stereocenters. The third-order valence-corrected chi connectivity index (χ3v) is 18.1. The number of esters is 1. The van der Waals surface area contributed by atoms with Gasteiger partial charge < -0.3 is 29.7 Å². The van der Waals surface area contributed by atoms with Crippen molar-refractivity contribution >= 4 is 23.7 Å². The molecule has 10 heteroatoms. The highest BCUT2D eigenvalue weighted by atomic mass is 16.5.